The lowest BCUT2D eigenvalue weighted by Crippen LogP contribution is -2.43. The Morgan fingerprint density at radius 1 is 1.14 bits per heavy atom. The molecule has 2 aromatic rings. The smallest absolute Gasteiger partial charge is 0.354 e. The first-order valence-electron chi connectivity index (χ1n) is 9.55. The zero-order valence-electron chi connectivity index (χ0n) is 15.6. The topological polar surface area (TPSA) is 104 Å². The Balaban J connectivity index is 1.44. The number of carboxylic acids is 1. The minimum absolute atomic E-state index is 0.0450. The van der Waals surface area contributed by atoms with E-state index in [2.05, 4.69) is 30.1 Å². The molecule has 4 heterocycles. The van der Waals surface area contributed by atoms with Gasteiger partial charge < -0.3 is 25.0 Å². The molecule has 0 spiro atoms. The summed E-state index contributed by atoms with van der Waals surface area (Å²) in [4.78, 5) is 28.6. The van der Waals surface area contributed by atoms with Crippen LogP contribution in [-0.4, -0.2) is 71.5 Å². The number of aromatic nitrogens is 3. The fourth-order valence-electron chi connectivity index (χ4n) is 3.62. The molecule has 0 aliphatic carbocycles. The first-order chi connectivity index (χ1) is 13.7. The SMILES string of the molecule is O=C(O)c1cccc(NC2CCCN(c3cc(N4CCOCC4)ncn3)C2)n1. The van der Waals surface area contributed by atoms with Crippen molar-refractivity contribution in [2.24, 2.45) is 0 Å². The van der Waals surface area contributed by atoms with E-state index in [0.29, 0.717) is 5.82 Å². The zero-order valence-corrected chi connectivity index (χ0v) is 15.6. The number of pyridine rings is 1. The molecule has 9 heteroatoms. The van der Waals surface area contributed by atoms with Crippen LogP contribution in [0, 0.1) is 0 Å². The van der Waals surface area contributed by atoms with Gasteiger partial charge in [-0.15, -0.1) is 0 Å². The summed E-state index contributed by atoms with van der Waals surface area (Å²) >= 11 is 0. The second-order valence-electron chi connectivity index (χ2n) is 6.98. The maximum atomic E-state index is 11.1. The number of ether oxygens (including phenoxy) is 1. The summed E-state index contributed by atoms with van der Waals surface area (Å²) < 4.78 is 5.42. The van der Waals surface area contributed by atoms with Crippen LogP contribution in [0.4, 0.5) is 17.5 Å². The Morgan fingerprint density at radius 3 is 2.71 bits per heavy atom. The number of nitrogens with one attached hydrogen (secondary N) is 1. The number of morpholine rings is 1. The highest BCUT2D eigenvalue weighted by atomic mass is 16.5. The van der Waals surface area contributed by atoms with Gasteiger partial charge in [0.05, 0.1) is 13.2 Å². The molecule has 0 aromatic carbocycles. The zero-order chi connectivity index (χ0) is 19.3. The quantitative estimate of drug-likeness (QED) is 0.793. The number of piperidine rings is 1. The number of carboxylic acid groups (broad SMARTS) is 1. The predicted octanol–water partition coefficient (Wildman–Crippen LogP) is 1.49. The van der Waals surface area contributed by atoms with E-state index in [1.165, 1.54) is 6.07 Å². The van der Waals surface area contributed by atoms with Gasteiger partial charge in [-0.25, -0.2) is 19.7 Å². The van der Waals surface area contributed by atoms with Crippen molar-refractivity contribution in [3.63, 3.8) is 0 Å². The van der Waals surface area contributed by atoms with Crippen molar-refractivity contribution in [2.45, 2.75) is 18.9 Å². The van der Waals surface area contributed by atoms with Crippen molar-refractivity contribution in [1.82, 2.24) is 15.0 Å². The molecule has 0 bridgehead atoms. The maximum Gasteiger partial charge on any atom is 0.354 e. The van der Waals surface area contributed by atoms with Gasteiger partial charge >= 0.3 is 5.97 Å². The summed E-state index contributed by atoms with van der Waals surface area (Å²) in [5.74, 6) is 1.41. The van der Waals surface area contributed by atoms with Crippen LogP contribution in [0.5, 0.6) is 0 Å². The van der Waals surface area contributed by atoms with Gasteiger partial charge in [0.1, 0.15) is 23.8 Å². The van der Waals surface area contributed by atoms with Gasteiger partial charge in [-0.3, -0.25) is 0 Å². The molecular weight excluding hydrogens is 360 g/mol. The van der Waals surface area contributed by atoms with E-state index >= 15 is 0 Å². The Kier molecular flexibility index (Phi) is 5.52. The number of nitrogens with zero attached hydrogens (tertiary/aromatic N) is 5. The van der Waals surface area contributed by atoms with Crippen LogP contribution >= 0.6 is 0 Å². The van der Waals surface area contributed by atoms with Crippen molar-refractivity contribution in [2.75, 3.05) is 54.5 Å². The number of aromatic carboxylic acids is 1. The number of anilines is 3. The molecule has 2 aliphatic rings. The van der Waals surface area contributed by atoms with Crippen LogP contribution in [0.1, 0.15) is 23.3 Å². The number of carbonyl (C=O) groups is 1. The largest absolute Gasteiger partial charge is 0.477 e. The average Bonchev–Trinajstić information content (AvgIpc) is 2.75. The number of hydrogen-bond acceptors (Lipinski definition) is 8. The van der Waals surface area contributed by atoms with Gasteiger partial charge in [0.2, 0.25) is 0 Å². The monoisotopic (exact) mass is 384 g/mol. The van der Waals surface area contributed by atoms with Crippen molar-refractivity contribution >= 4 is 23.4 Å². The van der Waals surface area contributed by atoms with Gasteiger partial charge in [0, 0.05) is 38.3 Å². The molecule has 148 valence electrons. The van der Waals surface area contributed by atoms with Gasteiger partial charge in [0.25, 0.3) is 0 Å². The molecule has 0 amide bonds. The van der Waals surface area contributed by atoms with Crippen LogP contribution in [0.3, 0.4) is 0 Å². The normalized spacial score (nSPS) is 20.1. The Bertz CT molecular complexity index is 827. The van der Waals surface area contributed by atoms with E-state index in [-0.39, 0.29) is 11.7 Å². The van der Waals surface area contributed by atoms with E-state index in [4.69, 9.17) is 9.84 Å². The highest BCUT2D eigenvalue weighted by Gasteiger charge is 2.23. The van der Waals surface area contributed by atoms with Crippen LogP contribution in [0.25, 0.3) is 0 Å². The molecule has 9 nitrogen and oxygen atoms in total. The van der Waals surface area contributed by atoms with Gasteiger partial charge in [-0.05, 0) is 25.0 Å². The van der Waals surface area contributed by atoms with Crippen LogP contribution in [0.15, 0.2) is 30.6 Å². The van der Waals surface area contributed by atoms with Gasteiger partial charge in [0.15, 0.2) is 5.69 Å². The standard InChI is InChI=1S/C19H24N6O3/c26-19(27)15-4-1-5-16(23-15)22-14-3-2-6-25(12-14)18-11-17(20-13-21-18)24-7-9-28-10-8-24/h1,4-5,11,13-14H,2-3,6-10,12H2,(H,22,23)(H,26,27). The van der Waals surface area contributed by atoms with Crippen molar-refractivity contribution in [3.05, 3.63) is 36.3 Å². The van der Waals surface area contributed by atoms with Crippen LogP contribution < -0.4 is 15.1 Å². The summed E-state index contributed by atoms with van der Waals surface area (Å²) in [6.45, 7) is 4.83. The van der Waals surface area contributed by atoms with Crippen molar-refractivity contribution in [3.8, 4) is 0 Å². The second kappa shape index (κ2) is 8.39. The molecule has 4 rings (SSSR count). The lowest BCUT2D eigenvalue weighted by Gasteiger charge is -2.35. The molecule has 28 heavy (non-hydrogen) atoms. The summed E-state index contributed by atoms with van der Waals surface area (Å²) in [7, 11) is 0. The third-order valence-electron chi connectivity index (χ3n) is 5.04. The Hall–Kier alpha value is -2.94. The summed E-state index contributed by atoms with van der Waals surface area (Å²) in [5, 5.41) is 12.5. The third-order valence-corrected chi connectivity index (χ3v) is 5.04. The molecule has 0 saturated carbocycles. The molecular formula is C19H24N6O3. The van der Waals surface area contributed by atoms with E-state index in [1.807, 2.05) is 6.07 Å². The fraction of sp³-hybridized carbons (Fsp3) is 0.474. The van der Waals surface area contributed by atoms with E-state index in [9.17, 15) is 4.79 Å². The number of hydrogen-bond donors (Lipinski definition) is 2. The minimum Gasteiger partial charge on any atom is -0.477 e. The van der Waals surface area contributed by atoms with Gasteiger partial charge in [-0.2, -0.15) is 0 Å². The Labute approximate surface area is 163 Å². The molecule has 2 N–H and O–H groups in total. The molecule has 1 atom stereocenters. The predicted molar refractivity (Wildman–Crippen MR) is 105 cm³/mol. The molecule has 2 fully saturated rings. The highest BCUT2D eigenvalue weighted by Crippen LogP contribution is 2.23. The fourth-order valence-corrected chi connectivity index (χ4v) is 3.62. The first kappa shape index (κ1) is 18.4. The van der Waals surface area contributed by atoms with Gasteiger partial charge in [-0.1, -0.05) is 6.07 Å². The van der Waals surface area contributed by atoms with E-state index < -0.39 is 5.97 Å². The third kappa shape index (κ3) is 4.30. The average molecular weight is 384 g/mol. The second-order valence-corrected chi connectivity index (χ2v) is 6.98. The molecule has 1 unspecified atom stereocenters. The lowest BCUT2D eigenvalue weighted by molar-refractivity contribution is 0.0690. The Morgan fingerprint density at radius 2 is 1.93 bits per heavy atom. The van der Waals surface area contributed by atoms with Crippen LogP contribution in [-0.2, 0) is 4.74 Å². The van der Waals surface area contributed by atoms with Crippen molar-refractivity contribution in [1.29, 1.82) is 0 Å². The van der Waals surface area contributed by atoms with E-state index in [0.717, 1.165) is 63.9 Å². The summed E-state index contributed by atoms with van der Waals surface area (Å²) in [6, 6.07) is 7.21. The molecule has 2 saturated heterocycles. The highest BCUT2D eigenvalue weighted by molar-refractivity contribution is 5.85. The number of rotatable bonds is 5. The summed E-state index contributed by atoms with van der Waals surface area (Å²) in [5.41, 5.74) is 0.0450. The first-order valence-corrected chi connectivity index (χ1v) is 9.55. The molecule has 2 aromatic heterocycles. The summed E-state index contributed by atoms with van der Waals surface area (Å²) in [6.07, 6.45) is 3.64. The maximum absolute atomic E-state index is 11.1. The van der Waals surface area contributed by atoms with Crippen molar-refractivity contribution < 1.29 is 14.6 Å². The van der Waals surface area contributed by atoms with E-state index in [1.54, 1.807) is 18.5 Å². The minimum atomic E-state index is -1.02. The lowest BCUT2D eigenvalue weighted by atomic mass is 10.1. The van der Waals surface area contributed by atoms with Crippen LogP contribution in [0.2, 0.25) is 0 Å². The molecule has 2 aliphatic heterocycles. The molecule has 0 radical (unpaired) electrons.